The summed E-state index contributed by atoms with van der Waals surface area (Å²) in [6, 6.07) is 11.1. The van der Waals surface area contributed by atoms with E-state index in [0.29, 0.717) is 12.3 Å². The van der Waals surface area contributed by atoms with E-state index in [4.69, 9.17) is 4.74 Å². The lowest BCUT2D eigenvalue weighted by atomic mass is 10.0. The topological polar surface area (TPSA) is 63.2 Å². The predicted octanol–water partition coefficient (Wildman–Crippen LogP) is 2.73. The highest BCUT2D eigenvalue weighted by molar-refractivity contribution is 5.89. The second-order valence-electron chi connectivity index (χ2n) is 4.57. The van der Waals surface area contributed by atoms with Crippen molar-refractivity contribution in [2.45, 2.75) is 12.5 Å². The van der Waals surface area contributed by atoms with E-state index < -0.39 is 0 Å². The molecule has 0 saturated carbocycles. The van der Waals surface area contributed by atoms with Crippen LogP contribution in [0, 0.1) is 0 Å². The Morgan fingerprint density at radius 2 is 2.15 bits per heavy atom. The van der Waals surface area contributed by atoms with Gasteiger partial charge in [0.05, 0.1) is 24.5 Å². The number of para-hydroxylation sites is 1. The fraction of sp³-hybridized carbons (Fsp3) is 0.200. The Morgan fingerprint density at radius 1 is 1.25 bits per heavy atom. The molecule has 1 aliphatic rings. The molecule has 0 radical (unpaired) electrons. The highest BCUT2D eigenvalue weighted by atomic mass is 16.5. The summed E-state index contributed by atoms with van der Waals surface area (Å²) >= 11 is 0. The van der Waals surface area contributed by atoms with Gasteiger partial charge in [0, 0.05) is 18.2 Å². The number of carbonyl (C=O) groups is 1. The number of urea groups is 1. The van der Waals surface area contributed by atoms with Crippen molar-refractivity contribution < 1.29 is 9.53 Å². The van der Waals surface area contributed by atoms with E-state index in [1.165, 1.54) is 0 Å². The number of ether oxygens (including phenoxy) is 1. The van der Waals surface area contributed by atoms with Crippen LogP contribution in [0.5, 0.6) is 5.75 Å². The third-order valence-corrected chi connectivity index (χ3v) is 3.18. The molecule has 2 heterocycles. The number of rotatable bonds is 2. The van der Waals surface area contributed by atoms with Crippen LogP contribution in [0.25, 0.3) is 0 Å². The molecule has 5 nitrogen and oxygen atoms in total. The van der Waals surface area contributed by atoms with Crippen molar-refractivity contribution in [2.75, 3.05) is 11.9 Å². The number of nitrogens with one attached hydrogen (secondary N) is 2. The SMILES string of the molecule is O=C(Nc1cccnc1)N[C@@H]1CCOc2ccccc21. The fourth-order valence-corrected chi connectivity index (χ4v) is 2.25. The average molecular weight is 269 g/mol. The van der Waals surface area contributed by atoms with E-state index in [0.717, 1.165) is 17.7 Å². The number of benzene rings is 1. The maximum absolute atomic E-state index is 12.0. The van der Waals surface area contributed by atoms with Gasteiger partial charge in [-0.05, 0) is 18.2 Å². The van der Waals surface area contributed by atoms with Crippen LogP contribution in [0.4, 0.5) is 10.5 Å². The molecule has 0 saturated heterocycles. The summed E-state index contributed by atoms with van der Waals surface area (Å²) in [6.45, 7) is 0.606. The molecule has 3 rings (SSSR count). The molecule has 0 unspecified atom stereocenters. The molecule has 2 amide bonds. The number of carbonyl (C=O) groups excluding carboxylic acids is 1. The quantitative estimate of drug-likeness (QED) is 0.881. The average Bonchev–Trinajstić information content (AvgIpc) is 2.48. The molecular formula is C15H15N3O2. The van der Waals surface area contributed by atoms with Crippen molar-refractivity contribution in [3.8, 4) is 5.75 Å². The van der Waals surface area contributed by atoms with Crippen LogP contribution in [0.2, 0.25) is 0 Å². The van der Waals surface area contributed by atoms with Gasteiger partial charge < -0.3 is 15.4 Å². The molecule has 0 spiro atoms. The minimum atomic E-state index is -0.236. The van der Waals surface area contributed by atoms with Gasteiger partial charge in [-0.1, -0.05) is 18.2 Å². The van der Waals surface area contributed by atoms with Gasteiger partial charge in [0.15, 0.2) is 0 Å². The highest BCUT2D eigenvalue weighted by Gasteiger charge is 2.22. The van der Waals surface area contributed by atoms with E-state index >= 15 is 0 Å². The molecule has 0 fully saturated rings. The second kappa shape index (κ2) is 5.61. The van der Waals surface area contributed by atoms with Crippen molar-refractivity contribution in [1.29, 1.82) is 0 Å². The van der Waals surface area contributed by atoms with Crippen LogP contribution >= 0.6 is 0 Å². The zero-order chi connectivity index (χ0) is 13.8. The standard InChI is InChI=1S/C15H15N3O2/c19-15(17-11-4-3-8-16-10-11)18-13-7-9-20-14-6-2-1-5-12(13)14/h1-6,8,10,13H,7,9H2,(H2,17,18,19)/t13-/m1/s1. The van der Waals surface area contributed by atoms with E-state index in [9.17, 15) is 4.79 Å². The summed E-state index contributed by atoms with van der Waals surface area (Å²) in [5, 5.41) is 5.73. The Bertz CT molecular complexity index is 601. The fourth-order valence-electron chi connectivity index (χ4n) is 2.25. The lowest BCUT2D eigenvalue weighted by molar-refractivity contribution is 0.232. The Kier molecular flexibility index (Phi) is 3.50. The third kappa shape index (κ3) is 2.71. The smallest absolute Gasteiger partial charge is 0.319 e. The highest BCUT2D eigenvalue weighted by Crippen LogP contribution is 2.31. The molecule has 1 aliphatic heterocycles. The molecule has 1 aromatic carbocycles. The molecule has 5 heteroatoms. The summed E-state index contributed by atoms with van der Waals surface area (Å²) < 4.78 is 5.57. The number of pyridine rings is 1. The lowest BCUT2D eigenvalue weighted by Gasteiger charge is -2.26. The summed E-state index contributed by atoms with van der Waals surface area (Å²) in [5.41, 5.74) is 1.69. The number of fused-ring (bicyclic) bond motifs is 1. The molecule has 0 aliphatic carbocycles. The lowest BCUT2D eigenvalue weighted by Crippen LogP contribution is -2.35. The van der Waals surface area contributed by atoms with E-state index in [1.54, 1.807) is 24.5 Å². The maximum atomic E-state index is 12.0. The molecule has 2 aromatic rings. The largest absolute Gasteiger partial charge is 0.493 e. The summed E-state index contributed by atoms with van der Waals surface area (Å²) in [5.74, 6) is 0.838. The summed E-state index contributed by atoms with van der Waals surface area (Å²) in [4.78, 5) is 16.0. The number of amides is 2. The first-order valence-corrected chi connectivity index (χ1v) is 6.52. The number of hydrogen-bond donors (Lipinski definition) is 2. The zero-order valence-corrected chi connectivity index (χ0v) is 10.9. The van der Waals surface area contributed by atoms with E-state index in [1.807, 2.05) is 24.3 Å². The van der Waals surface area contributed by atoms with Crippen LogP contribution < -0.4 is 15.4 Å². The first-order chi connectivity index (χ1) is 9.83. The van der Waals surface area contributed by atoms with Gasteiger partial charge in [-0.2, -0.15) is 0 Å². The summed E-state index contributed by atoms with van der Waals surface area (Å²) in [7, 11) is 0. The summed E-state index contributed by atoms with van der Waals surface area (Å²) in [6.07, 6.45) is 4.03. The zero-order valence-electron chi connectivity index (χ0n) is 10.9. The molecular weight excluding hydrogens is 254 g/mol. The first kappa shape index (κ1) is 12.5. The number of aromatic nitrogens is 1. The minimum Gasteiger partial charge on any atom is -0.493 e. The molecule has 1 aromatic heterocycles. The van der Waals surface area contributed by atoms with Gasteiger partial charge in [0.25, 0.3) is 0 Å². The van der Waals surface area contributed by atoms with Crippen LogP contribution in [0.15, 0.2) is 48.8 Å². The minimum absolute atomic E-state index is 0.0309. The van der Waals surface area contributed by atoms with Crippen LogP contribution in [0.3, 0.4) is 0 Å². The molecule has 1 atom stereocenters. The second-order valence-corrected chi connectivity index (χ2v) is 4.57. The molecule has 2 N–H and O–H groups in total. The van der Waals surface area contributed by atoms with Gasteiger partial charge in [-0.25, -0.2) is 4.79 Å². The van der Waals surface area contributed by atoms with Gasteiger partial charge in [-0.15, -0.1) is 0 Å². The van der Waals surface area contributed by atoms with Gasteiger partial charge in [0.2, 0.25) is 0 Å². The van der Waals surface area contributed by atoms with Crippen molar-refractivity contribution in [2.24, 2.45) is 0 Å². The van der Waals surface area contributed by atoms with Crippen LogP contribution in [-0.4, -0.2) is 17.6 Å². The van der Waals surface area contributed by atoms with Crippen molar-refractivity contribution in [3.63, 3.8) is 0 Å². The number of anilines is 1. The first-order valence-electron chi connectivity index (χ1n) is 6.52. The Balaban J connectivity index is 1.68. The molecule has 20 heavy (non-hydrogen) atoms. The van der Waals surface area contributed by atoms with Crippen LogP contribution in [0.1, 0.15) is 18.0 Å². The number of hydrogen-bond acceptors (Lipinski definition) is 3. The van der Waals surface area contributed by atoms with Crippen LogP contribution in [-0.2, 0) is 0 Å². The Labute approximate surface area is 117 Å². The van der Waals surface area contributed by atoms with Crippen molar-refractivity contribution in [1.82, 2.24) is 10.3 Å². The predicted molar refractivity (Wildman–Crippen MR) is 75.7 cm³/mol. The third-order valence-electron chi connectivity index (χ3n) is 3.18. The number of nitrogens with zero attached hydrogens (tertiary/aromatic N) is 1. The van der Waals surface area contributed by atoms with Gasteiger partial charge >= 0.3 is 6.03 Å². The molecule has 0 bridgehead atoms. The Morgan fingerprint density at radius 3 is 3.00 bits per heavy atom. The van der Waals surface area contributed by atoms with E-state index in [2.05, 4.69) is 15.6 Å². The molecule has 102 valence electrons. The van der Waals surface area contributed by atoms with E-state index in [-0.39, 0.29) is 12.1 Å². The maximum Gasteiger partial charge on any atom is 0.319 e. The monoisotopic (exact) mass is 269 g/mol. The normalized spacial score (nSPS) is 16.7. The Hall–Kier alpha value is -2.56. The van der Waals surface area contributed by atoms with Gasteiger partial charge in [0.1, 0.15) is 5.75 Å². The van der Waals surface area contributed by atoms with Crippen molar-refractivity contribution >= 4 is 11.7 Å². The van der Waals surface area contributed by atoms with Gasteiger partial charge in [-0.3, -0.25) is 4.98 Å². The van der Waals surface area contributed by atoms with Crippen molar-refractivity contribution in [3.05, 3.63) is 54.4 Å².